The maximum atomic E-state index is 13.7. The molecule has 21 heavy (non-hydrogen) atoms. The van der Waals surface area contributed by atoms with Crippen LogP contribution in [0.15, 0.2) is 16.6 Å². The molecule has 0 saturated carbocycles. The standard InChI is InChI=1S/C14H17BrFN3O2/c15-9-7-10(16)13(14(17)21)11(8-9)18-4-3-12(20)19-5-1-2-6-19/h7-8,18H,1-6H2,(H2,17,21). The van der Waals surface area contributed by atoms with Gasteiger partial charge in [-0.1, -0.05) is 15.9 Å². The summed E-state index contributed by atoms with van der Waals surface area (Å²) in [4.78, 5) is 25.0. The third-order valence-corrected chi connectivity index (χ3v) is 3.87. The SMILES string of the molecule is NC(=O)c1c(F)cc(Br)cc1NCCC(=O)N1CCCC1. The van der Waals surface area contributed by atoms with Crippen molar-refractivity contribution in [3.05, 3.63) is 28.0 Å². The van der Waals surface area contributed by atoms with Crippen molar-refractivity contribution < 1.29 is 14.0 Å². The Kier molecular flexibility index (Phi) is 5.17. The monoisotopic (exact) mass is 357 g/mol. The Hall–Kier alpha value is -1.63. The summed E-state index contributed by atoms with van der Waals surface area (Å²) < 4.78 is 14.2. The van der Waals surface area contributed by atoms with Crippen LogP contribution in [0.4, 0.5) is 10.1 Å². The minimum absolute atomic E-state index is 0.0658. The van der Waals surface area contributed by atoms with Crippen LogP contribution in [0.1, 0.15) is 29.6 Å². The van der Waals surface area contributed by atoms with Crippen molar-refractivity contribution in [2.45, 2.75) is 19.3 Å². The summed E-state index contributed by atoms with van der Waals surface area (Å²) >= 11 is 3.16. The average Bonchev–Trinajstić information content (AvgIpc) is 2.91. The van der Waals surface area contributed by atoms with Gasteiger partial charge in [-0.15, -0.1) is 0 Å². The van der Waals surface area contributed by atoms with Gasteiger partial charge >= 0.3 is 0 Å². The second kappa shape index (κ2) is 6.89. The molecule has 1 saturated heterocycles. The minimum atomic E-state index is -0.839. The zero-order valence-corrected chi connectivity index (χ0v) is 13.1. The molecule has 0 spiro atoms. The number of benzene rings is 1. The predicted octanol–water partition coefficient (Wildman–Crippen LogP) is 2.11. The van der Waals surface area contributed by atoms with Crippen molar-refractivity contribution >= 4 is 33.4 Å². The Balaban J connectivity index is 1.99. The molecule has 3 N–H and O–H groups in total. The van der Waals surface area contributed by atoms with E-state index in [-0.39, 0.29) is 11.5 Å². The molecule has 0 radical (unpaired) electrons. The third-order valence-electron chi connectivity index (χ3n) is 3.41. The number of primary amides is 1. The molecule has 1 aliphatic heterocycles. The van der Waals surface area contributed by atoms with E-state index < -0.39 is 11.7 Å². The van der Waals surface area contributed by atoms with E-state index in [0.29, 0.717) is 23.1 Å². The van der Waals surface area contributed by atoms with Gasteiger partial charge in [-0.3, -0.25) is 9.59 Å². The number of hydrogen-bond acceptors (Lipinski definition) is 3. The molecule has 0 unspecified atom stereocenters. The minimum Gasteiger partial charge on any atom is -0.384 e. The Labute approximate surface area is 130 Å². The predicted molar refractivity (Wildman–Crippen MR) is 81.5 cm³/mol. The first-order valence-electron chi connectivity index (χ1n) is 6.79. The molecule has 0 bridgehead atoms. The summed E-state index contributed by atoms with van der Waals surface area (Å²) in [5.74, 6) is -1.46. The number of carbonyl (C=O) groups excluding carboxylic acids is 2. The van der Waals surface area contributed by atoms with Crippen LogP contribution in [0, 0.1) is 5.82 Å². The molecule has 114 valence electrons. The van der Waals surface area contributed by atoms with Crippen LogP contribution in [-0.2, 0) is 4.79 Å². The lowest BCUT2D eigenvalue weighted by Crippen LogP contribution is -2.29. The van der Waals surface area contributed by atoms with E-state index in [4.69, 9.17) is 5.73 Å². The lowest BCUT2D eigenvalue weighted by molar-refractivity contribution is -0.129. The Morgan fingerprint density at radius 2 is 2.00 bits per heavy atom. The molecule has 2 amide bonds. The summed E-state index contributed by atoms with van der Waals surface area (Å²) in [6.45, 7) is 1.93. The van der Waals surface area contributed by atoms with Crippen LogP contribution >= 0.6 is 15.9 Å². The van der Waals surface area contributed by atoms with Gasteiger partial charge in [0.1, 0.15) is 5.82 Å². The molecule has 0 atom stereocenters. The first-order valence-corrected chi connectivity index (χ1v) is 7.59. The van der Waals surface area contributed by atoms with E-state index in [1.807, 2.05) is 4.90 Å². The van der Waals surface area contributed by atoms with E-state index >= 15 is 0 Å². The fourth-order valence-corrected chi connectivity index (χ4v) is 2.82. The normalized spacial score (nSPS) is 14.3. The molecule has 7 heteroatoms. The number of halogens is 2. The number of likely N-dealkylation sites (tertiary alicyclic amines) is 1. The number of anilines is 1. The average molecular weight is 358 g/mol. The Morgan fingerprint density at radius 3 is 2.62 bits per heavy atom. The Morgan fingerprint density at radius 1 is 1.33 bits per heavy atom. The molecule has 1 aliphatic rings. The molecule has 1 aromatic rings. The summed E-state index contributed by atoms with van der Waals surface area (Å²) in [7, 11) is 0. The number of carbonyl (C=O) groups is 2. The van der Waals surface area contributed by atoms with Gasteiger partial charge in [0.15, 0.2) is 0 Å². The second-order valence-electron chi connectivity index (χ2n) is 4.94. The first-order chi connectivity index (χ1) is 9.99. The highest BCUT2D eigenvalue weighted by atomic mass is 79.9. The van der Waals surface area contributed by atoms with Crippen molar-refractivity contribution in [1.82, 2.24) is 4.90 Å². The Bertz CT molecular complexity index is 559. The number of hydrogen-bond donors (Lipinski definition) is 2. The summed E-state index contributed by atoms with van der Waals surface area (Å²) in [5, 5.41) is 2.91. The van der Waals surface area contributed by atoms with Gasteiger partial charge in [0.25, 0.3) is 5.91 Å². The first kappa shape index (κ1) is 15.8. The van der Waals surface area contributed by atoms with E-state index in [1.165, 1.54) is 6.07 Å². The molecule has 2 rings (SSSR count). The molecule has 0 aromatic heterocycles. The molecule has 1 heterocycles. The number of nitrogens with zero attached hydrogens (tertiary/aromatic N) is 1. The van der Waals surface area contributed by atoms with Gasteiger partial charge in [0.05, 0.1) is 11.3 Å². The van der Waals surface area contributed by atoms with Crippen LogP contribution < -0.4 is 11.1 Å². The van der Waals surface area contributed by atoms with Gasteiger partial charge in [-0.2, -0.15) is 0 Å². The van der Waals surface area contributed by atoms with Crippen molar-refractivity contribution in [3.8, 4) is 0 Å². The maximum absolute atomic E-state index is 13.7. The maximum Gasteiger partial charge on any atom is 0.253 e. The smallest absolute Gasteiger partial charge is 0.253 e. The zero-order chi connectivity index (χ0) is 15.4. The van der Waals surface area contributed by atoms with Crippen molar-refractivity contribution in [3.63, 3.8) is 0 Å². The molecular weight excluding hydrogens is 341 g/mol. The summed E-state index contributed by atoms with van der Waals surface area (Å²) in [6.07, 6.45) is 2.38. The molecule has 1 aromatic carbocycles. The van der Waals surface area contributed by atoms with Gasteiger partial charge in [0, 0.05) is 30.5 Å². The zero-order valence-electron chi connectivity index (χ0n) is 11.5. The van der Waals surface area contributed by atoms with Crippen LogP contribution in [0.25, 0.3) is 0 Å². The number of nitrogens with one attached hydrogen (secondary N) is 1. The highest BCUT2D eigenvalue weighted by Gasteiger charge is 2.18. The van der Waals surface area contributed by atoms with E-state index in [1.54, 1.807) is 6.07 Å². The van der Waals surface area contributed by atoms with Crippen LogP contribution in [0.2, 0.25) is 0 Å². The molecule has 1 fully saturated rings. The number of amides is 2. The van der Waals surface area contributed by atoms with Gasteiger partial charge in [-0.05, 0) is 25.0 Å². The second-order valence-corrected chi connectivity index (χ2v) is 5.85. The van der Waals surface area contributed by atoms with E-state index in [2.05, 4.69) is 21.2 Å². The quantitative estimate of drug-likeness (QED) is 0.847. The highest BCUT2D eigenvalue weighted by molar-refractivity contribution is 9.10. The third kappa shape index (κ3) is 3.93. The molecule has 5 nitrogen and oxygen atoms in total. The van der Waals surface area contributed by atoms with Gasteiger partial charge in [-0.25, -0.2) is 4.39 Å². The number of nitrogens with two attached hydrogens (primary N) is 1. The lowest BCUT2D eigenvalue weighted by Gasteiger charge is -2.16. The number of rotatable bonds is 5. The summed E-state index contributed by atoms with van der Waals surface area (Å²) in [6, 6.07) is 2.75. The van der Waals surface area contributed by atoms with Crippen molar-refractivity contribution in [2.75, 3.05) is 25.0 Å². The van der Waals surface area contributed by atoms with Crippen molar-refractivity contribution in [1.29, 1.82) is 0 Å². The van der Waals surface area contributed by atoms with Crippen LogP contribution in [0.5, 0.6) is 0 Å². The fourth-order valence-electron chi connectivity index (χ4n) is 2.39. The molecular formula is C14H17BrFN3O2. The largest absolute Gasteiger partial charge is 0.384 e. The van der Waals surface area contributed by atoms with E-state index in [9.17, 15) is 14.0 Å². The lowest BCUT2D eigenvalue weighted by atomic mass is 10.1. The van der Waals surface area contributed by atoms with Crippen LogP contribution in [0.3, 0.4) is 0 Å². The van der Waals surface area contributed by atoms with Gasteiger partial charge < -0.3 is 16.0 Å². The highest BCUT2D eigenvalue weighted by Crippen LogP contribution is 2.24. The fraction of sp³-hybridized carbons (Fsp3) is 0.429. The summed E-state index contributed by atoms with van der Waals surface area (Å²) in [5.41, 5.74) is 5.29. The van der Waals surface area contributed by atoms with Crippen molar-refractivity contribution in [2.24, 2.45) is 5.73 Å². The topological polar surface area (TPSA) is 75.4 Å². The molecule has 0 aliphatic carbocycles. The van der Waals surface area contributed by atoms with Crippen LogP contribution in [-0.4, -0.2) is 36.3 Å². The van der Waals surface area contributed by atoms with Gasteiger partial charge in [0.2, 0.25) is 5.91 Å². The van der Waals surface area contributed by atoms with E-state index in [0.717, 1.165) is 25.9 Å².